The predicted molar refractivity (Wildman–Crippen MR) is 125 cm³/mol. The Morgan fingerprint density at radius 1 is 1.12 bits per heavy atom. The highest BCUT2D eigenvalue weighted by Gasteiger charge is 2.17. The van der Waals surface area contributed by atoms with Gasteiger partial charge in [0, 0.05) is 41.8 Å². The average molecular weight is 459 g/mol. The van der Waals surface area contributed by atoms with Gasteiger partial charge < -0.3 is 9.73 Å². The molecule has 0 radical (unpaired) electrons. The Kier molecular flexibility index (Phi) is 5.37. The van der Waals surface area contributed by atoms with Gasteiger partial charge in [-0.15, -0.1) is 16.4 Å². The molecular weight excluding hydrogens is 442 g/mol. The molecule has 33 heavy (non-hydrogen) atoms. The first kappa shape index (κ1) is 20.5. The molecule has 0 unspecified atom stereocenters. The van der Waals surface area contributed by atoms with E-state index in [0.29, 0.717) is 17.9 Å². The van der Waals surface area contributed by atoms with Crippen molar-refractivity contribution >= 4 is 33.4 Å². The molecule has 2 amide bonds. The summed E-state index contributed by atoms with van der Waals surface area (Å²) in [5, 5.41) is 12.3. The zero-order valence-corrected chi connectivity index (χ0v) is 18.1. The van der Waals surface area contributed by atoms with Gasteiger partial charge in [0.15, 0.2) is 0 Å². The highest BCUT2D eigenvalue weighted by molar-refractivity contribution is 7.21. The van der Waals surface area contributed by atoms with Crippen LogP contribution in [0.4, 0.5) is 10.6 Å². The molecule has 0 aliphatic heterocycles. The lowest BCUT2D eigenvalue weighted by atomic mass is 10.0. The topological polar surface area (TPSA) is 139 Å². The zero-order valence-electron chi connectivity index (χ0n) is 17.3. The van der Waals surface area contributed by atoms with Crippen molar-refractivity contribution in [3.05, 3.63) is 65.5 Å². The Balaban J connectivity index is 1.63. The monoisotopic (exact) mass is 459 g/mol. The number of anilines is 1. The van der Waals surface area contributed by atoms with Crippen molar-refractivity contribution in [1.82, 2.24) is 30.5 Å². The lowest BCUT2D eigenvalue weighted by Crippen LogP contribution is -2.28. The van der Waals surface area contributed by atoms with Crippen LogP contribution in [0.5, 0.6) is 0 Å². The number of nitrogens with zero attached hydrogens (tertiary/aromatic N) is 4. The van der Waals surface area contributed by atoms with E-state index in [0.717, 1.165) is 31.9 Å². The molecule has 4 aromatic heterocycles. The first-order valence-electron chi connectivity index (χ1n) is 10.0. The summed E-state index contributed by atoms with van der Waals surface area (Å²) in [6.45, 7) is 2.33. The van der Waals surface area contributed by atoms with E-state index in [9.17, 15) is 9.59 Å². The molecule has 0 fully saturated rings. The van der Waals surface area contributed by atoms with E-state index < -0.39 is 5.76 Å². The fourth-order valence-corrected chi connectivity index (χ4v) is 4.29. The fourth-order valence-electron chi connectivity index (χ4n) is 3.30. The van der Waals surface area contributed by atoms with E-state index in [-0.39, 0.29) is 11.9 Å². The Morgan fingerprint density at radius 3 is 2.76 bits per heavy atom. The number of nitrogens with one attached hydrogen (secondary N) is 3. The molecule has 0 spiro atoms. The maximum Gasteiger partial charge on any atom is 0.434 e. The average Bonchev–Trinajstić information content (AvgIpc) is 3.45. The van der Waals surface area contributed by atoms with Crippen molar-refractivity contribution in [2.24, 2.45) is 0 Å². The van der Waals surface area contributed by atoms with E-state index in [1.807, 2.05) is 31.2 Å². The highest BCUT2D eigenvalue weighted by atomic mass is 32.1. The minimum atomic E-state index is -0.645. The first-order chi connectivity index (χ1) is 16.1. The number of thiazole rings is 1. The molecule has 0 saturated carbocycles. The second kappa shape index (κ2) is 8.63. The minimum absolute atomic E-state index is 0.137. The van der Waals surface area contributed by atoms with Gasteiger partial charge in [0.1, 0.15) is 10.8 Å². The Hall–Kier alpha value is -4.38. The Morgan fingerprint density at radius 2 is 1.97 bits per heavy atom. The van der Waals surface area contributed by atoms with Gasteiger partial charge in [-0.2, -0.15) is 0 Å². The summed E-state index contributed by atoms with van der Waals surface area (Å²) in [4.78, 5) is 36.8. The Bertz CT molecular complexity index is 1490. The maximum absolute atomic E-state index is 12.0. The lowest BCUT2D eigenvalue weighted by Gasteiger charge is -2.11. The van der Waals surface area contributed by atoms with Crippen LogP contribution in [-0.2, 0) is 0 Å². The van der Waals surface area contributed by atoms with Crippen molar-refractivity contribution in [3.8, 4) is 33.2 Å². The van der Waals surface area contributed by atoms with Crippen LogP contribution in [0.25, 0.3) is 43.4 Å². The number of urea groups is 1. The number of aromatic nitrogens is 5. The van der Waals surface area contributed by atoms with E-state index in [4.69, 9.17) is 9.40 Å². The molecule has 5 aromatic rings. The third-order valence-electron chi connectivity index (χ3n) is 4.74. The van der Waals surface area contributed by atoms with Crippen molar-refractivity contribution in [1.29, 1.82) is 0 Å². The molecule has 10 nitrogen and oxygen atoms in total. The number of benzene rings is 1. The quantitative estimate of drug-likeness (QED) is 0.362. The third kappa shape index (κ3) is 4.21. The summed E-state index contributed by atoms with van der Waals surface area (Å²) in [6.07, 6.45) is 4.89. The van der Waals surface area contributed by atoms with Crippen molar-refractivity contribution in [2.45, 2.75) is 6.92 Å². The van der Waals surface area contributed by atoms with Crippen LogP contribution in [0.3, 0.4) is 0 Å². The summed E-state index contributed by atoms with van der Waals surface area (Å²) in [6, 6.07) is 11.1. The third-order valence-corrected chi connectivity index (χ3v) is 5.81. The number of aromatic amines is 1. The van der Waals surface area contributed by atoms with Gasteiger partial charge in [-0.05, 0) is 31.2 Å². The van der Waals surface area contributed by atoms with Crippen LogP contribution in [0, 0.1) is 0 Å². The number of fused-ring (bicyclic) bond motifs is 1. The second-order valence-corrected chi connectivity index (χ2v) is 8.00. The fraction of sp³-hybridized carbons (Fsp3) is 0.0909. The van der Waals surface area contributed by atoms with Crippen LogP contribution in [0.1, 0.15) is 6.92 Å². The van der Waals surface area contributed by atoms with Gasteiger partial charge in [0.2, 0.25) is 0 Å². The minimum Gasteiger partial charge on any atom is -0.388 e. The van der Waals surface area contributed by atoms with E-state index >= 15 is 0 Å². The number of carbonyl (C=O) groups is 1. The standard InChI is InChI=1S/C22H17N7O3S/c1-2-24-21(30)27-18-8-14(20-26-16-5-3-4-6-17(16)33-20)15(11-25-18)12-7-13(10-23-9-12)19-28-29-22(31)32-19/h3-11H,2H2,1H3,(H,29,31)(H2,24,25,27,30). The number of rotatable bonds is 5. The van der Waals surface area contributed by atoms with Crippen LogP contribution in [-0.4, -0.2) is 37.7 Å². The molecule has 3 N–H and O–H groups in total. The Labute approximate surface area is 190 Å². The van der Waals surface area contributed by atoms with Gasteiger partial charge in [0.05, 0.1) is 15.8 Å². The summed E-state index contributed by atoms with van der Waals surface area (Å²) in [7, 11) is 0. The number of carbonyl (C=O) groups excluding carboxylic acids is 1. The highest BCUT2D eigenvalue weighted by Crippen LogP contribution is 2.38. The summed E-state index contributed by atoms with van der Waals surface area (Å²) < 4.78 is 6.10. The van der Waals surface area contributed by atoms with Gasteiger partial charge in [-0.25, -0.2) is 24.7 Å². The van der Waals surface area contributed by atoms with E-state index in [1.54, 1.807) is 30.7 Å². The van der Waals surface area contributed by atoms with Gasteiger partial charge in [-0.1, -0.05) is 12.1 Å². The molecular formula is C22H17N7O3S. The number of hydrogen-bond donors (Lipinski definition) is 3. The maximum atomic E-state index is 12.0. The zero-order chi connectivity index (χ0) is 22.8. The smallest absolute Gasteiger partial charge is 0.388 e. The number of hydrogen-bond acceptors (Lipinski definition) is 8. The molecule has 0 aliphatic rings. The molecule has 0 atom stereocenters. The number of amides is 2. The van der Waals surface area contributed by atoms with E-state index in [2.05, 4.69) is 30.8 Å². The summed E-state index contributed by atoms with van der Waals surface area (Å²) >= 11 is 1.54. The number of pyridine rings is 2. The van der Waals surface area contributed by atoms with Gasteiger partial charge in [-0.3, -0.25) is 10.3 Å². The molecule has 4 heterocycles. The molecule has 11 heteroatoms. The molecule has 5 rings (SSSR count). The van der Waals surface area contributed by atoms with Crippen LogP contribution >= 0.6 is 11.3 Å². The SMILES string of the molecule is CCNC(=O)Nc1cc(-c2nc3ccccc3s2)c(-c2cncc(-c3n[nH]c(=O)o3)c2)cn1. The second-order valence-electron chi connectivity index (χ2n) is 6.97. The molecule has 0 aliphatic carbocycles. The van der Waals surface area contributed by atoms with Crippen LogP contribution < -0.4 is 16.4 Å². The summed E-state index contributed by atoms with van der Waals surface area (Å²) in [5.74, 6) is -0.118. The molecule has 1 aromatic carbocycles. The summed E-state index contributed by atoms with van der Waals surface area (Å²) in [5.41, 5.74) is 3.67. The van der Waals surface area contributed by atoms with E-state index in [1.165, 1.54) is 11.3 Å². The van der Waals surface area contributed by atoms with Crippen molar-refractivity contribution in [3.63, 3.8) is 0 Å². The first-order valence-corrected chi connectivity index (χ1v) is 10.8. The number of H-pyrrole nitrogens is 1. The molecule has 164 valence electrons. The molecule has 0 saturated heterocycles. The number of para-hydroxylation sites is 1. The predicted octanol–water partition coefficient (Wildman–Crippen LogP) is 3.91. The van der Waals surface area contributed by atoms with Crippen molar-refractivity contribution in [2.75, 3.05) is 11.9 Å². The lowest BCUT2D eigenvalue weighted by molar-refractivity contribution is 0.252. The van der Waals surface area contributed by atoms with Gasteiger partial charge >= 0.3 is 11.8 Å². The molecule has 0 bridgehead atoms. The van der Waals surface area contributed by atoms with Crippen LogP contribution in [0.15, 0.2) is 64.2 Å². The van der Waals surface area contributed by atoms with Crippen LogP contribution in [0.2, 0.25) is 0 Å². The van der Waals surface area contributed by atoms with Gasteiger partial charge in [0.25, 0.3) is 5.89 Å². The van der Waals surface area contributed by atoms with Crippen molar-refractivity contribution < 1.29 is 9.21 Å². The largest absolute Gasteiger partial charge is 0.434 e. The normalized spacial score (nSPS) is 10.9.